The van der Waals surface area contributed by atoms with Crippen LogP contribution >= 0.6 is 11.8 Å². The number of nitrogens with two attached hydrogens (primary N) is 1. The zero-order valence-corrected chi connectivity index (χ0v) is 11.7. The van der Waals surface area contributed by atoms with E-state index in [0.717, 1.165) is 23.9 Å². The van der Waals surface area contributed by atoms with Crippen LogP contribution in [0.2, 0.25) is 0 Å². The maximum atomic E-state index is 5.96. The van der Waals surface area contributed by atoms with Gasteiger partial charge in [-0.05, 0) is 13.5 Å². The zero-order valence-electron chi connectivity index (χ0n) is 10.8. The van der Waals surface area contributed by atoms with E-state index in [1.807, 2.05) is 11.8 Å². The molecule has 2 rings (SSSR count). The van der Waals surface area contributed by atoms with Gasteiger partial charge in [0.25, 0.3) is 0 Å². The fourth-order valence-electron chi connectivity index (χ4n) is 1.86. The first kappa shape index (κ1) is 13.8. The quantitative estimate of drug-likeness (QED) is 0.850. The summed E-state index contributed by atoms with van der Waals surface area (Å²) in [6, 6.07) is -0.0105. The van der Waals surface area contributed by atoms with Crippen molar-refractivity contribution in [3.8, 4) is 0 Å². The second kappa shape index (κ2) is 6.51. The van der Waals surface area contributed by atoms with Gasteiger partial charge in [0.2, 0.25) is 5.89 Å². The molecule has 2 atom stereocenters. The van der Waals surface area contributed by atoms with Gasteiger partial charge in [0, 0.05) is 31.8 Å². The van der Waals surface area contributed by atoms with E-state index in [-0.39, 0.29) is 12.1 Å². The first-order valence-corrected chi connectivity index (χ1v) is 7.24. The molecule has 102 valence electrons. The van der Waals surface area contributed by atoms with Gasteiger partial charge >= 0.3 is 0 Å². The predicted molar refractivity (Wildman–Crippen MR) is 70.4 cm³/mol. The Morgan fingerprint density at radius 3 is 3.22 bits per heavy atom. The van der Waals surface area contributed by atoms with Crippen molar-refractivity contribution < 1.29 is 9.26 Å². The van der Waals surface area contributed by atoms with Gasteiger partial charge in [-0.1, -0.05) is 5.16 Å². The molecule has 2 unspecified atom stereocenters. The topological polar surface area (TPSA) is 77.4 Å². The van der Waals surface area contributed by atoms with Crippen molar-refractivity contribution in [2.75, 3.05) is 38.8 Å². The van der Waals surface area contributed by atoms with Crippen LogP contribution in [0.25, 0.3) is 0 Å². The van der Waals surface area contributed by atoms with E-state index >= 15 is 0 Å². The molecule has 1 fully saturated rings. The number of nitrogens with zero attached hydrogens (tertiary/aromatic N) is 3. The molecule has 1 aromatic heterocycles. The maximum absolute atomic E-state index is 5.96. The van der Waals surface area contributed by atoms with Crippen molar-refractivity contribution in [1.29, 1.82) is 0 Å². The fraction of sp³-hybridized carbons (Fsp3) is 0.818. The van der Waals surface area contributed by atoms with Gasteiger partial charge in [-0.3, -0.25) is 4.90 Å². The largest absolute Gasteiger partial charge is 0.385 e. The van der Waals surface area contributed by atoms with Gasteiger partial charge < -0.3 is 15.0 Å². The molecule has 1 saturated heterocycles. The molecule has 0 spiro atoms. The molecule has 2 N–H and O–H groups in total. The lowest BCUT2D eigenvalue weighted by Crippen LogP contribution is -2.33. The molecule has 1 aliphatic rings. The van der Waals surface area contributed by atoms with Crippen molar-refractivity contribution in [2.24, 2.45) is 5.73 Å². The number of ether oxygens (including phenoxy) is 1. The van der Waals surface area contributed by atoms with Crippen molar-refractivity contribution in [3.05, 3.63) is 11.7 Å². The van der Waals surface area contributed by atoms with E-state index in [1.54, 1.807) is 7.11 Å². The van der Waals surface area contributed by atoms with Crippen molar-refractivity contribution >= 4 is 11.8 Å². The lowest BCUT2D eigenvalue weighted by atomic mass is 10.2. The average molecular weight is 272 g/mol. The minimum Gasteiger partial charge on any atom is -0.385 e. The number of hydrogen-bond donors (Lipinski definition) is 1. The molecule has 0 saturated carbocycles. The van der Waals surface area contributed by atoms with Crippen LogP contribution in [0.5, 0.6) is 0 Å². The Hall–Kier alpha value is -0.630. The lowest BCUT2D eigenvalue weighted by Gasteiger charge is -2.29. The summed E-state index contributed by atoms with van der Waals surface area (Å²) in [7, 11) is 3.74. The fourth-order valence-corrected chi connectivity index (χ4v) is 3.07. The highest BCUT2D eigenvalue weighted by atomic mass is 32.2. The van der Waals surface area contributed by atoms with Gasteiger partial charge in [-0.25, -0.2) is 0 Å². The molecule has 0 aliphatic carbocycles. The first-order chi connectivity index (χ1) is 8.72. The highest BCUT2D eigenvalue weighted by Gasteiger charge is 2.26. The number of methoxy groups -OCH3 is 1. The summed E-state index contributed by atoms with van der Waals surface area (Å²) in [5.74, 6) is 3.41. The summed E-state index contributed by atoms with van der Waals surface area (Å²) in [5.41, 5.74) is 5.96. The highest BCUT2D eigenvalue weighted by molar-refractivity contribution is 7.99. The van der Waals surface area contributed by atoms with E-state index in [4.69, 9.17) is 15.0 Å². The van der Waals surface area contributed by atoms with E-state index < -0.39 is 0 Å². The number of hydrogen-bond acceptors (Lipinski definition) is 7. The van der Waals surface area contributed by atoms with Crippen LogP contribution in [-0.4, -0.2) is 53.9 Å². The summed E-state index contributed by atoms with van der Waals surface area (Å²) >= 11 is 1.92. The Morgan fingerprint density at radius 1 is 1.67 bits per heavy atom. The molecular weight excluding hydrogens is 252 g/mol. The second-order valence-corrected chi connectivity index (χ2v) is 5.60. The smallest absolute Gasteiger partial charge is 0.243 e. The Bertz CT molecular complexity index is 374. The third-order valence-corrected chi connectivity index (χ3v) is 4.12. The molecule has 18 heavy (non-hydrogen) atoms. The normalized spacial score (nSPS) is 23.2. The summed E-state index contributed by atoms with van der Waals surface area (Å²) in [5, 5.41) is 4.06. The number of thioether (sulfide) groups is 1. The molecule has 1 aliphatic heterocycles. The predicted octanol–water partition coefficient (Wildman–Crippen LogP) is 0.826. The van der Waals surface area contributed by atoms with Gasteiger partial charge in [-0.2, -0.15) is 16.7 Å². The van der Waals surface area contributed by atoms with E-state index in [1.165, 1.54) is 0 Å². The monoisotopic (exact) mass is 272 g/mol. The van der Waals surface area contributed by atoms with Gasteiger partial charge in [0.05, 0.1) is 12.1 Å². The van der Waals surface area contributed by atoms with Crippen LogP contribution in [0.3, 0.4) is 0 Å². The molecule has 0 aromatic carbocycles. The Balaban J connectivity index is 2.00. The van der Waals surface area contributed by atoms with Crippen LogP contribution in [0, 0.1) is 0 Å². The van der Waals surface area contributed by atoms with Crippen molar-refractivity contribution in [1.82, 2.24) is 15.0 Å². The Labute approximate surface area is 111 Å². The Morgan fingerprint density at radius 2 is 2.50 bits per heavy atom. The Kier molecular flexibility index (Phi) is 4.99. The third-order valence-electron chi connectivity index (χ3n) is 3.10. The zero-order chi connectivity index (χ0) is 13.0. The van der Waals surface area contributed by atoms with E-state index in [0.29, 0.717) is 18.9 Å². The first-order valence-electron chi connectivity index (χ1n) is 6.08. The number of aromatic nitrogens is 2. The molecule has 2 heterocycles. The van der Waals surface area contributed by atoms with E-state index in [9.17, 15) is 0 Å². The summed E-state index contributed by atoms with van der Waals surface area (Å²) in [4.78, 5) is 6.68. The van der Waals surface area contributed by atoms with Gasteiger partial charge in [-0.15, -0.1) is 0 Å². The molecule has 6 nitrogen and oxygen atoms in total. The third kappa shape index (κ3) is 3.23. The molecule has 0 amide bonds. The van der Waals surface area contributed by atoms with Crippen LogP contribution in [-0.2, 0) is 4.74 Å². The van der Waals surface area contributed by atoms with Crippen LogP contribution in [0.15, 0.2) is 4.52 Å². The minimum atomic E-state index is -0.243. The van der Waals surface area contributed by atoms with Crippen LogP contribution in [0.4, 0.5) is 0 Å². The standard InChI is InChI=1S/C11H20N4O2S/c1-15-4-6-18-7-9(15)10-13-11(17-14-10)8(12)3-5-16-2/h8-9H,3-7,12H2,1-2H3. The van der Waals surface area contributed by atoms with Crippen LogP contribution < -0.4 is 5.73 Å². The molecule has 0 bridgehead atoms. The minimum absolute atomic E-state index is 0.232. The van der Waals surface area contributed by atoms with Crippen molar-refractivity contribution in [2.45, 2.75) is 18.5 Å². The summed E-state index contributed by atoms with van der Waals surface area (Å²) in [6.45, 7) is 1.65. The molecular formula is C11H20N4O2S. The second-order valence-electron chi connectivity index (χ2n) is 4.45. The summed E-state index contributed by atoms with van der Waals surface area (Å²) < 4.78 is 10.2. The average Bonchev–Trinajstić information content (AvgIpc) is 2.86. The van der Waals surface area contributed by atoms with Gasteiger partial charge in [0.15, 0.2) is 5.82 Å². The van der Waals surface area contributed by atoms with Crippen molar-refractivity contribution in [3.63, 3.8) is 0 Å². The highest BCUT2D eigenvalue weighted by Crippen LogP contribution is 2.27. The lowest BCUT2D eigenvalue weighted by molar-refractivity contribution is 0.182. The molecule has 1 aromatic rings. The molecule has 0 radical (unpaired) electrons. The van der Waals surface area contributed by atoms with Crippen LogP contribution in [0.1, 0.15) is 30.2 Å². The summed E-state index contributed by atoms with van der Waals surface area (Å²) in [6.07, 6.45) is 0.688. The molecule has 7 heteroatoms. The SMILES string of the molecule is COCCC(N)c1nc(C2CSCCN2C)no1. The maximum Gasteiger partial charge on any atom is 0.243 e. The van der Waals surface area contributed by atoms with E-state index in [2.05, 4.69) is 22.1 Å². The number of rotatable bonds is 5. The van der Waals surface area contributed by atoms with Gasteiger partial charge in [0.1, 0.15) is 0 Å².